The first kappa shape index (κ1) is 15.4. The quantitative estimate of drug-likeness (QED) is 0.406. The van der Waals surface area contributed by atoms with Gasteiger partial charge in [0.05, 0.1) is 24.1 Å². The molecule has 0 N–H and O–H groups in total. The fourth-order valence-corrected chi connectivity index (χ4v) is 2.44. The minimum atomic E-state index is 0.652. The van der Waals surface area contributed by atoms with E-state index in [4.69, 9.17) is 21.1 Å². The molecule has 0 spiro atoms. The molecule has 118 valence electrons. The van der Waals surface area contributed by atoms with E-state index in [1.807, 2.05) is 46.1 Å². The van der Waals surface area contributed by atoms with Gasteiger partial charge in [0.15, 0.2) is 5.84 Å². The van der Waals surface area contributed by atoms with Gasteiger partial charge in [-0.15, -0.1) is 0 Å². The molecule has 2 aromatic heterocycles. The molecule has 0 aliphatic rings. The Morgan fingerprint density at radius 2 is 2.22 bits per heavy atom. The van der Waals surface area contributed by atoms with Gasteiger partial charge in [-0.2, -0.15) is 5.10 Å². The minimum absolute atomic E-state index is 0.652. The van der Waals surface area contributed by atoms with Crippen molar-refractivity contribution in [3.8, 4) is 0 Å². The molecule has 0 atom stereocenters. The van der Waals surface area contributed by atoms with Crippen molar-refractivity contribution in [3.63, 3.8) is 0 Å². The highest BCUT2D eigenvalue weighted by atomic mass is 35.5. The summed E-state index contributed by atoms with van der Waals surface area (Å²) in [6.07, 6.45) is 8.68. The zero-order valence-electron chi connectivity index (χ0n) is 12.8. The smallest absolute Gasteiger partial charge is 0.166 e. The monoisotopic (exact) mass is 328 g/mol. The molecule has 0 radical (unpaired) electrons. The fraction of sp³-hybridized carbons (Fsp3) is 0.176. The summed E-state index contributed by atoms with van der Waals surface area (Å²) >= 11 is 6.36. The first-order valence-corrected chi connectivity index (χ1v) is 7.73. The average Bonchev–Trinajstić information content (AvgIpc) is 3.26. The number of imidazole rings is 1. The van der Waals surface area contributed by atoms with Crippen molar-refractivity contribution in [1.29, 1.82) is 0 Å². The van der Waals surface area contributed by atoms with Crippen LogP contribution in [0, 0.1) is 0 Å². The van der Waals surface area contributed by atoms with Crippen LogP contribution in [-0.4, -0.2) is 26.9 Å². The van der Waals surface area contributed by atoms with Crippen molar-refractivity contribution < 1.29 is 4.42 Å². The van der Waals surface area contributed by atoms with E-state index in [0.29, 0.717) is 11.6 Å². The minimum Gasteiger partial charge on any atom is -0.472 e. The molecule has 0 fully saturated rings. The van der Waals surface area contributed by atoms with Crippen LogP contribution in [-0.2, 0) is 6.54 Å². The van der Waals surface area contributed by atoms with E-state index in [9.17, 15) is 0 Å². The molecule has 5 nitrogen and oxygen atoms in total. The number of halogens is 1. The number of nitrogens with zero attached hydrogens (tertiary/aromatic N) is 4. The Morgan fingerprint density at radius 1 is 1.35 bits per heavy atom. The molecular formula is C17H17ClN4O. The second-order valence-corrected chi connectivity index (χ2v) is 5.39. The molecule has 0 bridgehead atoms. The highest BCUT2D eigenvalue weighted by molar-refractivity contribution is 6.34. The van der Waals surface area contributed by atoms with Crippen molar-refractivity contribution in [2.45, 2.75) is 13.5 Å². The van der Waals surface area contributed by atoms with E-state index >= 15 is 0 Å². The van der Waals surface area contributed by atoms with Gasteiger partial charge in [0, 0.05) is 30.1 Å². The maximum absolute atomic E-state index is 6.36. The van der Waals surface area contributed by atoms with Crippen LogP contribution >= 0.6 is 11.6 Å². The molecule has 23 heavy (non-hydrogen) atoms. The summed E-state index contributed by atoms with van der Waals surface area (Å²) in [5.74, 6) is 0.735. The summed E-state index contributed by atoms with van der Waals surface area (Å²) in [6.45, 7) is 3.48. The van der Waals surface area contributed by atoms with Crippen LogP contribution in [0.25, 0.3) is 0 Å². The van der Waals surface area contributed by atoms with Gasteiger partial charge in [0.2, 0.25) is 0 Å². The lowest BCUT2D eigenvalue weighted by atomic mass is 10.2. The SMILES string of the molecule is CCN(Cc1ccoc1)/N=C(\c1ccccc1Cl)n1ccnc1. The third-order valence-electron chi connectivity index (χ3n) is 3.41. The van der Waals surface area contributed by atoms with Crippen molar-refractivity contribution in [2.24, 2.45) is 5.10 Å². The number of furan rings is 1. The largest absolute Gasteiger partial charge is 0.472 e. The highest BCUT2D eigenvalue weighted by Crippen LogP contribution is 2.18. The normalized spacial score (nSPS) is 11.7. The Labute approximate surface area is 139 Å². The number of aromatic nitrogens is 2. The van der Waals surface area contributed by atoms with Crippen LogP contribution in [0.4, 0.5) is 0 Å². The van der Waals surface area contributed by atoms with Crippen LogP contribution in [0.3, 0.4) is 0 Å². The Kier molecular flexibility index (Phi) is 4.78. The lowest BCUT2D eigenvalue weighted by Crippen LogP contribution is -2.22. The van der Waals surface area contributed by atoms with Crippen molar-refractivity contribution in [1.82, 2.24) is 14.6 Å². The van der Waals surface area contributed by atoms with Crippen molar-refractivity contribution >= 4 is 17.4 Å². The van der Waals surface area contributed by atoms with E-state index in [1.165, 1.54) is 0 Å². The molecular weight excluding hydrogens is 312 g/mol. The number of hydrazone groups is 1. The van der Waals surface area contributed by atoms with E-state index in [1.54, 1.807) is 25.1 Å². The van der Waals surface area contributed by atoms with Gasteiger partial charge < -0.3 is 4.42 Å². The third kappa shape index (κ3) is 3.63. The standard InChI is InChI=1S/C17H17ClN4O/c1-2-22(11-14-7-10-23-12-14)20-17(21-9-8-19-13-21)15-5-3-4-6-16(15)18/h3-10,12-13H,2,11H2,1H3/b20-17+. The zero-order chi connectivity index (χ0) is 16.1. The second-order valence-electron chi connectivity index (χ2n) is 4.99. The van der Waals surface area contributed by atoms with Gasteiger partial charge in [-0.1, -0.05) is 23.7 Å². The molecule has 2 heterocycles. The first-order valence-electron chi connectivity index (χ1n) is 7.35. The molecule has 3 aromatic rings. The van der Waals surface area contributed by atoms with Gasteiger partial charge in [-0.3, -0.25) is 9.58 Å². The summed E-state index contributed by atoms with van der Waals surface area (Å²) in [7, 11) is 0. The molecule has 0 saturated heterocycles. The molecule has 1 aromatic carbocycles. The Bertz CT molecular complexity index is 766. The number of hydrogen-bond acceptors (Lipinski definition) is 4. The van der Waals surface area contributed by atoms with E-state index < -0.39 is 0 Å². The van der Waals surface area contributed by atoms with E-state index in [-0.39, 0.29) is 0 Å². The van der Waals surface area contributed by atoms with Crippen molar-refractivity contribution in [3.05, 3.63) is 77.7 Å². The molecule has 0 amide bonds. The molecule has 0 saturated carbocycles. The van der Waals surface area contributed by atoms with Crippen LogP contribution in [0.1, 0.15) is 18.1 Å². The van der Waals surface area contributed by atoms with Crippen LogP contribution in [0.5, 0.6) is 0 Å². The van der Waals surface area contributed by atoms with Crippen molar-refractivity contribution in [2.75, 3.05) is 6.54 Å². The van der Waals surface area contributed by atoms with Crippen LogP contribution < -0.4 is 0 Å². The number of hydrogen-bond donors (Lipinski definition) is 0. The summed E-state index contributed by atoms with van der Waals surface area (Å²) in [4.78, 5) is 4.11. The molecule has 6 heteroatoms. The van der Waals surface area contributed by atoms with E-state index in [2.05, 4.69) is 11.9 Å². The Morgan fingerprint density at radius 3 is 2.87 bits per heavy atom. The zero-order valence-corrected chi connectivity index (χ0v) is 13.5. The summed E-state index contributed by atoms with van der Waals surface area (Å²) in [5, 5.41) is 7.40. The lowest BCUT2D eigenvalue weighted by Gasteiger charge is -2.19. The van der Waals surface area contributed by atoms with Gasteiger partial charge in [-0.05, 0) is 25.1 Å². The third-order valence-corrected chi connectivity index (χ3v) is 3.74. The maximum Gasteiger partial charge on any atom is 0.166 e. The predicted molar refractivity (Wildman–Crippen MR) is 90.4 cm³/mol. The Hall–Kier alpha value is -2.53. The van der Waals surface area contributed by atoms with E-state index in [0.717, 1.165) is 23.5 Å². The molecule has 0 unspecified atom stereocenters. The topological polar surface area (TPSA) is 46.6 Å². The average molecular weight is 329 g/mol. The first-order chi connectivity index (χ1) is 11.3. The van der Waals surface area contributed by atoms with Gasteiger partial charge in [-0.25, -0.2) is 4.98 Å². The molecule has 0 aliphatic carbocycles. The summed E-state index contributed by atoms with van der Waals surface area (Å²) in [5.41, 5.74) is 1.93. The lowest BCUT2D eigenvalue weighted by molar-refractivity contribution is 0.293. The number of benzene rings is 1. The fourth-order valence-electron chi connectivity index (χ4n) is 2.22. The van der Waals surface area contributed by atoms with Gasteiger partial charge in [0.25, 0.3) is 0 Å². The Balaban J connectivity index is 1.99. The summed E-state index contributed by atoms with van der Waals surface area (Å²) < 4.78 is 6.99. The highest BCUT2D eigenvalue weighted by Gasteiger charge is 2.12. The summed E-state index contributed by atoms with van der Waals surface area (Å²) in [6, 6.07) is 9.59. The predicted octanol–water partition coefficient (Wildman–Crippen LogP) is 3.86. The van der Waals surface area contributed by atoms with Gasteiger partial charge >= 0.3 is 0 Å². The maximum atomic E-state index is 6.36. The van der Waals surface area contributed by atoms with Gasteiger partial charge in [0.1, 0.15) is 6.33 Å². The second kappa shape index (κ2) is 7.15. The van der Waals surface area contributed by atoms with Crippen LogP contribution in [0.2, 0.25) is 5.02 Å². The number of rotatable bonds is 5. The molecule has 0 aliphatic heterocycles. The van der Waals surface area contributed by atoms with Crippen LogP contribution in [0.15, 0.2) is 71.1 Å². The molecule has 3 rings (SSSR count).